The lowest BCUT2D eigenvalue weighted by Crippen LogP contribution is -2.23. The molecule has 0 radical (unpaired) electrons. The summed E-state index contributed by atoms with van der Waals surface area (Å²) in [6.07, 6.45) is -7.49. The summed E-state index contributed by atoms with van der Waals surface area (Å²) in [4.78, 5) is 23.0. The van der Waals surface area contributed by atoms with Crippen LogP contribution in [0.1, 0.15) is 41.7 Å². The van der Waals surface area contributed by atoms with Gasteiger partial charge in [-0.2, -0.15) is 17.6 Å². The molecule has 0 aliphatic heterocycles. The number of hydrogen-bond acceptors (Lipinski definition) is 6. The summed E-state index contributed by atoms with van der Waals surface area (Å²) < 4.78 is 79.0. The minimum absolute atomic E-state index is 0.112. The Bertz CT molecular complexity index is 1430. The van der Waals surface area contributed by atoms with E-state index in [0.717, 1.165) is 42.5 Å². The van der Waals surface area contributed by atoms with Crippen LogP contribution in [0.5, 0.6) is 11.5 Å². The lowest BCUT2D eigenvalue weighted by Gasteiger charge is -2.22. The molecule has 0 aliphatic rings. The van der Waals surface area contributed by atoms with Crippen molar-refractivity contribution in [2.75, 3.05) is 0 Å². The van der Waals surface area contributed by atoms with Gasteiger partial charge in [-0.05, 0) is 79.9 Å². The number of rotatable bonds is 12. The van der Waals surface area contributed by atoms with Crippen molar-refractivity contribution in [1.82, 2.24) is 0 Å². The quantitative estimate of drug-likeness (QED) is 0.127. The number of ether oxygens (including phenoxy) is 4. The minimum atomic E-state index is -3.75. The molecular formula is C31H28F4O6. The Hall–Kier alpha value is -4.60. The average molecular weight is 573 g/mol. The summed E-state index contributed by atoms with van der Waals surface area (Å²) in [5.74, 6) is -1.70. The number of carbonyl (C=O) groups excluding carboxylic acids is 2. The van der Waals surface area contributed by atoms with Crippen molar-refractivity contribution in [2.24, 2.45) is 0 Å². The molecule has 0 bridgehead atoms. The van der Waals surface area contributed by atoms with Crippen LogP contribution in [0.15, 0.2) is 91.0 Å². The predicted molar refractivity (Wildman–Crippen MR) is 142 cm³/mol. The molecule has 10 heteroatoms. The highest BCUT2D eigenvalue weighted by Crippen LogP contribution is 2.37. The Labute approximate surface area is 234 Å². The molecule has 6 nitrogen and oxygen atoms in total. The van der Waals surface area contributed by atoms with E-state index in [1.54, 1.807) is 0 Å². The van der Waals surface area contributed by atoms with Gasteiger partial charge in [0.1, 0.15) is 24.7 Å². The van der Waals surface area contributed by atoms with E-state index in [9.17, 15) is 27.2 Å². The van der Waals surface area contributed by atoms with Crippen LogP contribution in [0.2, 0.25) is 0 Å². The molecule has 3 rings (SSSR count). The first-order valence-electron chi connectivity index (χ1n) is 12.3. The summed E-state index contributed by atoms with van der Waals surface area (Å²) in [7, 11) is 0. The second-order valence-corrected chi connectivity index (χ2v) is 9.27. The van der Waals surface area contributed by atoms with Crippen molar-refractivity contribution in [2.45, 2.75) is 46.2 Å². The van der Waals surface area contributed by atoms with Crippen molar-refractivity contribution in [3.8, 4) is 11.5 Å². The van der Waals surface area contributed by atoms with Crippen LogP contribution in [-0.2, 0) is 44.5 Å². The molecule has 0 N–H and O–H groups in total. The highest BCUT2D eigenvalue weighted by Gasteiger charge is 2.36. The molecule has 0 saturated carbocycles. The van der Waals surface area contributed by atoms with Crippen molar-refractivity contribution >= 4 is 11.9 Å². The number of aryl methyl sites for hydroxylation is 1. The Balaban J connectivity index is 1.64. The molecule has 0 spiro atoms. The first kappa shape index (κ1) is 30.9. The number of halogens is 4. The molecule has 3 aromatic rings. The van der Waals surface area contributed by atoms with E-state index in [4.69, 9.17) is 18.9 Å². The molecule has 0 heterocycles. The maximum atomic E-state index is 14.8. The lowest BCUT2D eigenvalue weighted by molar-refractivity contribution is -0.188. The molecule has 0 atom stereocenters. The van der Waals surface area contributed by atoms with Gasteiger partial charge in [0.25, 0.3) is 0 Å². The van der Waals surface area contributed by atoms with E-state index in [1.807, 2.05) is 0 Å². The van der Waals surface area contributed by atoms with Crippen molar-refractivity contribution in [1.29, 1.82) is 0 Å². The Morgan fingerprint density at radius 3 is 1.49 bits per heavy atom. The van der Waals surface area contributed by atoms with Gasteiger partial charge in [-0.25, -0.2) is 9.59 Å². The topological polar surface area (TPSA) is 71.1 Å². The second kappa shape index (κ2) is 12.7. The highest BCUT2D eigenvalue weighted by atomic mass is 19.3. The largest absolute Gasteiger partial charge is 0.457 e. The van der Waals surface area contributed by atoms with Gasteiger partial charge in [0.05, 0.1) is 11.1 Å². The Morgan fingerprint density at radius 1 is 0.683 bits per heavy atom. The summed E-state index contributed by atoms with van der Waals surface area (Å²) in [5.41, 5.74) is 0.608. The van der Waals surface area contributed by atoms with Gasteiger partial charge in [0.2, 0.25) is 0 Å². The standard InChI is InChI=1S/C31H28F4O6/c1-19(2)28(36)38-17-22-6-10-24(11-7-22)30(32,33)40-26-14-15-27(21(5)16-26)41-31(34,35)25-12-8-23(9-13-25)18-39-29(37)20(3)4/h6-16H,1,3,17-18H2,2,4-5H3. The zero-order valence-corrected chi connectivity index (χ0v) is 22.6. The van der Waals surface area contributed by atoms with Crippen LogP contribution in [0.3, 0.4) is 0 Å². The van der Waals surface area contributed by atoms with Crippen LogP contribution in [0.25, 0.3) is 0 Å². The molecular weight excluding hydrogens is 544 g/mol. The van der Waals surface area contributed by atoms with Gasteiger partial charge in [0.15, 0.2) is 0 Å². The first-order valence-corrected chi connectivity index (χ1v) is 12.3. The smallest absolute Gasteiger partial charge is 0.426 e. The first-order chi connectivity index (χ1) is 19.2. The van der Waals surface area contributed by atoms with E-state index < -0.39 is 35.3 Å². The van der Waals surface area contributed by atoms with E-state index in [1.165, 1.54) is 45.0 Å². The van der Waals surface area contributed by atoms with Crippen LogP contribution in [-0.4, -0.2) is 11.9 Å². The molecule has 0 aliphatic carbocycles. The van der Waals surface area contributed by atoms with Crippen molar-refractivity contribution in [3.05, 3.63) is 119 Å². The SMILES string of the molecule is C=C(C)C(=O)OCc1ccc(C(F)(F)Oc2ccc(OC(F)(F)c3ccc(COC(=O)C(=C)C)cc3)c(C)c2)cc1. The number of benzene rings is 3. The molecule has 0 fully saturated rings. The second-order valence-electron chi connectivity index (χ2n) is 9.27. The molecule has 0 unspecified atom stereocenters. The lowest BCUT2D eigenvalue weighted by atomic mass is 10.1. The average Bonchev–Trinajstić information content (AvgIpc) is 2.92. The zero-order chi connectivity index (χ0) is 30.4. The Kier molecular flexibility index (Phi) is 9.59. The van der Waals surface area contributed by atoms with Crippen LogP contribution < -0.4 is 9.47 Å². The number of carbonyl (C=O) groups is 2. The van der Waals surface area contributed by atoms with Gasteiger partial charge in [-0.15, -0.1) is 0 Å². The van der Waals surface area contributed by atoms with Gasteiger partial charge in [-0.1, -0.05) is 37.4 Å². The van der Waals surface area contributed by atoms with Gasteiger partial charge in [-0.3, -0.25) is 0 Å². The molecule has 0 saturated heterocycles. The number of esters is 2. The number of alkyl halides is 4. The van der Waals surface area contributed by atoms with Gasteiger partial charge < -0.3 is 18.9 Å². The van der Waals surface area contributed by atoms with Crippen molar-refractivity contribution < 1.29 is 46.1 Å². The summed E-state index contributed by atoms with van der Waals surface area (Å²) in [6, 6.07) is 13.3. The monoisotopic (exact) mass is 572 g/mol. The normalized spacial score (nSPS) is 11.4. The van der Waals surface area contributed by atoms with E-state index in [0.29, 0.717) is 11.1 Å². The third-order valence-corrected chi connectivity index (χ3v) is 5.65. The third-order valence-electron chi connectivity index (χ3n) is 5.65. The molecule has 0 amide bonds. The summed E-state index contributed by atoms with van der Waals surface area (Å²) >= 11 is 0. The van der Waals surface area contributed by atoms with E-state index in [-0.39, 0.29) is 41.4 Å². The molecule has 41 heavy (non-hydrogen) atoms. The zero-order valence-electron chi connectivity index (χ0n) is 22.6. The van der Waals surface area contributed by atoms with Crippen LogP contribution in [0, 0.1) is 6.92 Å². The Morgan fingerprint density at radius 2 is 1.10 bits per heavy atom. The highest BCUT2D eigenvalue weighted by molar-refractivity contribution is 5.87. The van der Waals surface area contributed by atoms with E-state index in [2.05, 4.69) is 13.2 Å². The minimum Gasteiger partial charge on any atom is -0.457 e. The van der Waals surface area contributed by atoms with Gasteiger partial charge >= 0.3 is 24.2 Å². The van der Waals surface area contributed by atoms with Gasteiger partial charge in [0, 0.05) is 11.1 Å². The van der Waals surface area contributed by atoms with Crippen LogP contribution in [0.4, 0.5) is 17.6 Å². The van der Waals surface area contributed by atoms with Crippen LogP contribution >= 0.6 is 0 Å². The fourth-order valence-corrected chi connectivity index (χ4v) is 3.34. The summed E-state index contributed by atoms with van der Waals surface area (Å²) in [5, 5.41) is 0. The van der Waals surface area contributed by atoms with E-state index >= 15 is 0 Å². The summed E-state index contributed by atoms with van der Waals surface area (Å²) in [6.45, 7) is 11.1. The molecule has 216 valence electrons. The molecule has 0 aromatic heterocycles. The fraction of sp³-hybridized carbons (Fsp3) is 0.226. The third kappa shape index (κ3) is 8.44. The molecule has 3 aromatic carbocycles. The maximum absolute atomic E-state index is 14.8. The van der Waals surface area contributed by atoms with Crippen molar-refractivity contribution in [3.63, 3.8) is 0 Å². The number of hydrogen-bond donors (Lipinski definition) is 0. The maximum Gasteiger partial charge on any atom is 0.426 e. The fourth-order valence-electron chi connectivity index (χ4n) is 3.34. The predicted octanol–water partition coefficient (Wildman–Crippen LogP) is 7.49.